The summed E-state index contributed by atoms with van der Waals surface area (Å²) in [5.74, 6) is 0.286. The first-order valence-corrected chi connectivity index (χ1v) is 4.72. The summed E-state index contributed by atoms with van der Waals surface area (Å²) >= 11 is 5.89. The maximum absolute atomic E-state index is 11.1. The summed E-state index contributed by atoms with van der Waals surface area (Å²) in [7, 11) is 0. The van der Waals surface area contributed by atoms with Crippen molar-refractivity contribution in [2.24, 2.45) is 5.73 Å². The van der Waals surface area contributed by atoms with Crippen molar-refractivity contribution in [1.82, 2.24) is 0 Å². The van der Waals surface area contributed by atoms with E-state index in [4.69, 9.17) is 22.1 Å². The minimum absolute atomic E-state index is 0.215. The van der Waals surface area contributed by atoms with E-state index in [-0.39, 0.29) is 18.4 Å². The molecule has 2 rings (SSSR count). The smallest absolute Gasteiger partial charge is 0.313 e. The Kier molecular flexibility index (Phi) is 2.21. The first-order chi connectivity index (χ1) is 6.58. The topological polar surface area (TPSA) is 52.3 Å². The number of hydrogen-bond acceptors (Lipinski definition) is 3. The molecule has 1 atom stereocenters. The summed E-state index contributed by atoms with van der Waals surface area (Å²) in [4.78, 5) is 11.1. The first-order valence-electron chi connectivity index (χ1n) is 4.34. The van der Waals surface area contributed by atoms with Crippen LogP contribution in [0.1, 0.15) is 23.6 Å². The van der Waals surface area contributed by atoms with E-state index in [9.17, 15) is 4.79 Å². The highest BCUT2D eigenvalue weighted by atomic mass is 35.5. The average molecular weight is 212 g/mol. The predicted molar refractivity (Wildman–Crippen MR) is 53.4 cm³/mol. The van der Waals surface area contributed by atoms with Gasteiger partial charge in [-0.15, -0.1) is 0 Å². The number of benzene rings is 1. The standard InChI is InChI=1S/C10H10ClNO2/c1-5-2-6(11)3-7-8(12)4-9(13)14-10(5)7/h2-3,8H,4,12H2,1H3. The van der Waals surface area contributed by atoms with E-state index in [1.807, 2.05) is 6.92 Å². The van der Waals surface area contributed by atoms with Crippen molar-refractivity contribution in [3.8, 4) is 5.75 Å². The van der Waals surface area contributed by atoms with Gasteiger partial charge in [0.25, 0.3) is 0 Å². The van der Waals surface area contributed by atoms with Crippen LogP contribution in [0.3, 0.4) is 0 Å². The number of rotatable bonds is 0. The maximum Gasteiger partial charge on any atom is 0.313 e. The van der Waals surface area contributed by atoms with Gasteiger partial charge in [-0.2, -0.15) is 0 Å². The SMILES string of the molecule is Cc1cc(Cl)cc2c1OC(=O)CC2N. The molecular weight excluding hydrogens is 202 g/mol. The lowest BCUT2D eigenvalue weighted by molar-refractivity contribution is -0.135. The largest absolute Gasteiger partial charge is 0.426 e. The van der Waals surface area contributed by atoms with Crippen molar-refractivity contribution >= 4 is 17.6 Å². The van der Waals surface area contributed by atoms with Gasteiger partial charge in [-0.25, -0.2) is 0 Å². The Labute approximate surface area is 86.8 Å². The molecule has 0 radical (unpaired) electrons. The Bertz CT molecular complexity index is 403. The summed E-state index contributed by atoms with van der Waals surface area (Å²) in [6, 6.07) is 3.20. The van der Waals surface area contributed by atoms with Gasteiger partial charge in [-0.05, 0) is 24.6 Å². The average Bonchev–Trinajstić information content (AvgIpc) is 2.07. The van der Waals surface area contributed by atoms with Crippen molar-refractivity contribution < 1.29 is 9.53 Å². The number of aryl methyl sites for hydroxylation is 1. The zero-order chi connectivity index (χ0) is 10.3. The van der Waals surface area contributed by atoms with Crippen molar-refractivity contribution in [1.29, 1.82) is 0 Å². The van der Waals surface area contributed by atoms with Gasteiger partial charge in [-0.3, -0.25) is 4.79 Å². The number of carbonyl (C=O) groups is 1. The molecule has 1 aliphatic rings. The van der Waals surface area contributed by atoms with Gasteiger partial charge in [-0.1, -0.05) is 11.6 Å². The third-order valence-electron chi connectivity index (χ3n) is 2.27. The number of carbonyl (C=O) groups excluding carboxylic acids is 1. The molecule has 3 nitrogen and oxygen atoms in total. The number of ether oxygens (including phenoxy) is 1. The first kappa shape index (κ1) is 9.49. The molecule has 0 saturated heterocycles. The second-order valence-electron chi connectivity index (χ2n) is 3.43. The zero-order valence-corrected chi connectivity index (χ0v) is 8.47. The van der Waals surface area contributed by atoms with Crippen LogP contribution in [0.4, 0.5) is 0 Å². The Morgan fingerprint density at radius 2 is 2.29 bits per heavy atom. The molecular formula is C10H10ClNO2. The Morgan fingerprint density at radius 1 is 1.57 bits per heavy atom. The van der Waals surface area contributed by atoms with E-state index >= 15 is 0 Å². The third kappa shape index (κ3) is 1.49. The molecule has 1 unspecified atom stereocenters. The molecule has 1 aromatic carbocycles. The van der Waals surface area contributed by atoms with Crippen LogP contribution < -0.4 is 10.5 Å². The van der Waals surface area contributed by atoms with Crippen molar-refractivity contribution in [3.05, 3.63) is 28.3 Å². The van der Waals surface area contributed by atoms with Gasteiger partial charge < -0.3 is 10.5 Å². The summed E-state index contributed by atoms with van der Waals surface area (Å²) in [6.45, 7) is 1.84. The molecule has 0 aliphatic carbocycles. The monoisotopic (exact) mass is 211 g/mol. The fourth-order valence-corrected chi connectivity index (χ4v) is 1.90. The van der Waals surface area contributed by atoms with Gasteiger partial charge in [0.05, 0.1) is 6.42 Å². The van der Waals surface area contributed by atoms with Crippen molar-refractivity contribution in [2.45, 2.75) is 19.4 Å². The normalized spacial score (nSPS) is 20.2. The number of fused-ring (bicyclic) bond motifs is 1. The van der Waals surface area contributed by atoms with Gasteiger partial charge >= 0.3 is 5.97 Å². The highest BCUT2D eigenvalue weighted by Gasteiger charge is 2.25. The minimum Gasteiger partial charge on any atom is -0.426 e. The fraction of sp³-hybridized carbons (Fsp3) is 0.300. The molecule has 4 heteroatoms. The number of esters is 1. The zero-order valence-electron chi connectivity index (χ0n) is 7.71. The summed E-state index contributed by atoms with van der Waals surface area (Å²) in [5, 5.41) is 0.620. The fourth-order valence-electron chi connectivity index (χ4n) is 1.62. The molecule has 14 heavy (non-hydrogen) atoms. The highest BCUT2D eigenvalue weighted by molar-refractivity contribution is 6.30. The molecule has 1 aromatic rings. The molecule has 1 aliphatic heterocycles. The van der Waals surface area contributed by atoms with Crippen LogP contribution in [-0.4, -0.2) is 5.97 Å². The lowest BCUT2D eigenvalue weighted by Crippen LogP contribution is -2.25. The van der Waals surface area contributed by atoms with Crippen LogP contribution in [0.25, 0.3) is 0 Å². The summed E-state index contributed by atoms with van der Waals surface area (Å²) < 4.78 is 5.11. The van der Waals surface area contributed by atoms with E-state index in [0.717, 1.165) is 11.1 Å². The van der Waals surface area contributed by atoms with Crippen LogP contribution in [0, 0.1) is 6.92 Å². The maximum atomic E-state index is 11.1. The molecule has 0 spiro atoms. The van der Waals surface area contributed by atoms with Crippen LogP contribution in [0.2, 0.25) is 5.02 Å². The molecule has 0 aromatic heterocycles. The minimum atomic E-state index is -0.302. The third-order valence-corrected chi connectivity index (χ3v) is 2.49. The number of hydrogen-bond donors (Lipinski definition) is 1. The van der Waals surface area contributed by atoms with Crippen LogP contribution in [0.5, 0.6) is 5.75 Å². The van der Waals surface area contributed by atoms with Crippen molar-refractivity contribution in [2.75, 3.05) is 0 Å². The Morgan fingerprint density at radius 3 is 3.00 bits per heavy atom. The summed E-state index contributed by atoms with van der Waals surface area (Å²) in [6.07, 6.45) is 0.215. The number of halogens is 1. The van der Waals surface area contributed by atoms with E-state index < -0.39 is 0 Å². The Balaban J connectivity index is 2.58. The summed E-state index contributed by atoms with van der Waals surface area (Å²) in [5.41, 5.74) is 7.47. The molecule has 1 heterocycles. The molecule has 0 fully saturated rings. The van der Waals surface area contributed by atoms with Crippen LogP contribution >= 0.6 is 11.6 Å². The highest BCUT2D eigenvalue weighted by Crippen LogP contribution is 2.36. The second-order valence-corrected chi connectivity index (χ2v) is 3.86. The lowest BCUT2D eigenvalue weighted by Gasteiger charge is -2.22. The molecule has 2 N–H and O–H groups in total. The van der Waals surface area contributed by atoms with Gasteiger partial charge in [0, 0.05) is 16.6 Å². The van der Waals surface area contributed by atoms with Crippen LogP contribution in [0.15, 0.2) is 12.1 Å². The van der Waals surface area contributed by atoms with E-state index in [1.165, 1.54) is 0 Å². The van der Waals surface area contributed by atoms with Gasteiger partial charge in [0.15, 0.2) is 0 Å². The van der Waals surface area contributed by atoms with Gasteiger partial charge in [0.2, 0.25) is 0 Å². The van der Waals surface area contributed by atoms with Gasteiger partial charge in [0.1, 0.15) is 5.75 Å². The van der Waals surface area contributed by atoms with E-state index in [2.05, 4.69) is 0 Å². The van der Waals surface area contributed by atoms with E-state index in [1.54, 1.807) is 12.1 Å². The molecule has 0 amide bonds. The Hall–Kier alpha value is -1.06. The second kappa shape index (κ2) is 3.26. The molecule has 0 saturated carbocycles. The molecule has 0 bridgehead atoms. The lowest BCUT2D eigenvalue weighted by atomic mass is 9.98. The van der Waals surface area contributed by atoms with E-state index in [0.29, 0.717) is 10.8 Å². The van der Waals surface area contributed by atoms with Crippen LogP contribution in [-0.2, 0) is 4.79 Å². The quantitative estimate of drug-likeness (QED) is 0.527. The number of nitrogens with two attached hydrogens (primary N) is 1. The predicted octanol–water partition coefficient (Wildman–Crippen LogP) is 1.96. The van der Waals surface area contributed by atoms with Crippen molar-refractivity contribution in [3.63, 3.8) is 0 Å². The molecule has 74 valence electrons.